The van der Waals surface area contributed by atoms with E-state index in [0.717, 1.165) is 37.9 Å². The molecule has 120 valence electrons. The van der Waals surface area contributed by atoms with E-state index in [2.05, 4.69) is 4.98 Å². The smallest absolute Gasteiger partial charge is 0.278 e. The van der Waals surface area contributed by atoms with E-state index in [1.165, 1.54) is 4.40 Å². The molecule has 1 N–H and O–H groups in total. The van der Waals surface area contributed by atoms with Gasteiger partial charge in [0, 0.05) is 24.8 Å². The summed E-state index contributed by atoms with van der Waals surface area (Å²) in [6, 6.07) is 3.85. The van der Waals surface area contributed by atoms with Crippen molar-refractivity contribution >= 4 is 11.5 Å². The van der Waals surface area contributed by atoms with E-state index < -0.39 is 6.10 Å². The minimum Gasteiger partial charge on any atom is -0.389 e. The van der Waals surface area contributed by atoms with Gasteiger partial charge in [-0.3, -0.25) is 9.20 Å². The zero-order valence-electron chi connectivity index (χ0n) is 13.4. The lowest BCUT2D eigenvalue weighted by molar-refractivity contribution is 0.200. The van der Waals surface area contributed by atoms with E-state index in [1.807, 2.05) is 24.0 Å². The van der Waals surface area contributed by atoms with Crippen LogP contribution in [0.2, 0.25) is 0 Å². The maximum atomic E-state index is 12.7. The number of nitriles is 1. The van der Waals surface area contributed by atoms with Crippen molar-refractivity contribution in [2.75, 3.05) is 18.0 Å². The zero-order valence-corrected chi connectivity index (χ0v) is 13.4. The molecule has 6 nitrogen and oxygen atoms in total. The van der Waals surface area contributed by atoms with Crippen molar-refractivity contribution in [3.63, 3.8) is 0 Å². The highest BCUT2D eigenvalue weighted by molar-refractivity contribution is 5.61. The second-order valence-corrected chi connectivity index (χ2v) is 6.12. The molecule has 1 saturated heterocycles. The first-order chi connectivity index (χ1) is 11.0. The maximum Gasteiger partial charge on any atom is 0.278 e. The molecule has 0 radical (unpaired) electrons. The molecular formula is C17H20N4O2. The van der Waals surface area contributed by atoms with Crippen molar-refractivity contribution in [2.24, 2.45) is 0 Å². The molecule has 1 fully saturated rings. The number of piperidine rings is 1. The number of aliphatic hydroxyl groups is 1. The van der Waals surface area contributed by atoms with Crippen LogP contribution < -0.4 is 10.5 Å². The Kier molecular flexibility index (Phi) is 4.05. The number of aryl methyl sites for hydroxylation is 1. The predicted octanol–water partition coefficient (Wildman–Crippen LogP) is 1.92. The van der Waals surface area contributed by atoms with Gasteiger partial charge < -0.3 is 10.0 Å². The Bertz CT molecular complexity index is 842. The van der Waals surface area contributed by atoms with E-state index in [0.29, 0.717) is 17.0 Å². The molecule has 0 aliphatic carbocycles. The highest BCUT2D eigenvalue weighted by atomic mass is 16.3. The van der Waals surface area contributed by atoms with E-state index in [1.54, 1.807) is 13.1 Å². The third-order valence-electron chi connectivity index (χ3n) is 4.29. The molecule has 6 heteroatoms. The van der Waals surface area contributed by atoms with Crippen LogP contribution in [0, 0.1) is 18.3 Å². The summed E-state index contributed by atoms with van der Waals surface area (Å²) in [7, 11) is 0. The third-order valence-corrected chi connectivity index (χ3v) is 4.29. The summed E-state index contributed by atoms with van der Waals surface area (Å²) in [5, 5.41) is 19.5. The molecule has 0 bridgehead atoms. The normalized spacial score (nSPS) is 16.3. The Hall–Kier alpha value is -2.39. The monoisotopic (exact) mass is 312 g/mol. The number of hydrogen-bond acceptors (Lipinski definition) is 5. The summed E-state index contributed by atoms with van der Waals surface area (Å²) >= 11 is 0. The summed E-state index contributed by atoms with van der Waals surface area (Å²) in [6.07, 6.45) is 4.14. The quantitative estimate of drug-likeness (QED) is 0.916. The van der Waals surface area contributed by atoms with Gasteiger partial charge in [0.15, 0.2) is 11.4 Å². The molecule has 2 aromatic rings. The van der Waals surface area contributed by atoms with Crippen LogP contribution >= 0.6 is 0 Å². The van der Waals surface area contributed by atoms with Crippen LogP contribution in [0.5, 0.6) is 0 Å². The molecule has 0 aromatic carbocycles. The minimum absolute atomic E-state index is 0.0755. The van der Waals surface area contributed by atoms with Gasteiger partial charge in [0.1, 0.15) is 11.7 Å². The van der Waals surface area contributed by atoms with Crippen LogP contribution in [0.3, 0.4) is 0 Å². The first-order valence-electron chi connectivity index (χ1n) is 7.93. The van der Waals surface area contributed by atoms with Gasteiger partial charge in [-0.2, -0.15) is 5.26 Å². The van der Waals surface area contributed by atoms with Gasteiger partial charge in [-0.15, -0.1) is 0 Å². The van der Waals surface area contributed by atoms with Crippen molar-refractivity contribution in [1.29, 1.82) is 5.26 Å². The summed E-state index contributed by atoms with van der Waals surface area (Å²) in [4.78, 5) is 19.4. The van der Waals surface area contributed by atoms with Crippen LogP contribution in [0.25, 0.3) is 5.65 Å². The fourth-order valence-electron chi connectivity index (χ4n) is 3.14. The average molecular weight is 312 g/mol. The van der Waals surface area contributed by atoms with Gasteiger partial charge in [0.2, 0.25) is 0 Å². The highest BCUT2D eigenvalue weighted by Gasteiger charge is 2.22. The van der Waals surface area contributed by atoms with Crippen molar-refractivity contribution in [3.05, 3.63) is 39.3 Å². The maximum absolute atomic E-state index is 12.7. The number of fused-ring (bicyclic) bond motifs is 1. The Morgan fingerprint density at radius 1 is 1.35 bits per heavy atom. The Labute approximate surface area is 134 Å². The number of aromatic nitrogens is 2. The SMILES string of the molecule is Cc1cc(C(C)O)c2nc(N3CCCCC3)c(C#N)c(=O)n2c1. The summed E-state index contributed by atoms with van der Waals surface area (Å²) in [6.45, 7) is 5.10. The van der Waals surface area contributed by atoms with Crippen LogP contribution in [-0.4, -0.2) is 27.6 Å². The van der Waals surface area contributed by atoms with Gasteiger partial charge in [-0.1, -0.05) is 0 Å². The van der Waals surface area contributed by atoms with Crippen LogP contribution in [-0.2, 0) is 0 Å². The van der Waals surface area contributed by atoms with E-state index >= 15 is 0 Å². The fraction of sp³-hybridized carbons (Fsp3) is 0.471. The molecule has 1 atom stereocenters. The standard InChI is InChI=1S/C17H20N4O2/c1-11-8-13(12(2)22)16-19-15(20-6-4-3-5-7-20)14(9-18)17(23)21(16)10-11/h8,10,12,22H,3-7H2,1-2H3. The summed E-state index contributed by atoms with van der Waals surface area (Å²) in [5.41, 5.74) is 1.57. The van der Waals surface area contributed by atoms with Crippen molar-refractivity contribution < 1.29 is 5.11 Å². The average Bonchev–Trinajstić information content (AvgIpc) is 2.55. The number of aliphatic hydroxyl groups excluding tert-OH is 1. The van der Waals surface area contributed by atoms with Gasteiger partial charge in [-0.05, 0) is 44.7 Å². The molecule has 3 rings (SSSR count). The molecule has 1 aliphatic heterocycles. The predicted molar refractivity (Wildman–Crippen MR) is 87.6 cm³/mol. The largest absolute Gasteiger partial charge is 0.389 e. The molecule has 0 saturated carbocycles. The van der Waals surface area contributed by atoms with Crippen LogP contribution in [0.15, 0.2) is 17.1 Å². The van der Waals surface area contributed by atoms with Gasteiger partial charge >= 0.3 is 0 Å². The number of rotatable bonds is 2. The van der Waals surface area contributed by atoms with Crippen molar-refractivity contribution in [3.8, 4) is 6.07 Å². The molecule has 2 aromatic heterocycles. The number of anilines is 1. The van der Waals surface area contributed by atoms with Gasteiger partial charge in [0.25, 0.3) is 5.56 Å². The first kappa shape index (κ1) is 15.5. The number of hydrogen-bond donors (Lipinski definition) is 1. The molecular weight excluding hydrogens is 292 g/mol. The third kappa shape index (κ3) is 2.68. The Morgan fingerprint density at radius 2 is 2.04 bits per heavy atom. The van der Waals surface area contributed by atoms with E-state index in [-0.39, 0.29) is 11.1 Å². The lowest BCUT2D eigenvalue weighted by Crippen LogP contribution is -2.34. The number of pyridine rings is 1. The van der Waals surface area contributed by atoms with E-state index in [9.17, 15) is 15.2 Å². The molecule has 0 spiro atoms. The molecule has 1 aliphatic rings. The fourth-order valence-corrected chi connectivity index (χ4v) is 3.14. The van der Waals surface area contributed by atoms with Gasteiger partial charge in [-0.25, -0.2) is 4.98 Å². The second kappa shape index (κ2) is 6.01. The van der Waals surface area contributed by atoms with Crippen LogP contribution in [0.4, 0.5) is 5.82 Å². The second-order valence-electron chi connectivity index (χ2n) is 6.12. The molecule has 0 amide bonds. The van der Waals surface area contributed by atoms with Crippen molar-refractivity contribution in [1.82, 2.24) is 9.38 Å². The number of nitrogens with zero attached hydrogens (tertiary/aromatic N) is 4. The van der Waals surface area contributed by atoms with Crippen LogP contribution in [0.1, 0.15) is 49.0 Å². The topological polar surface area (TPSA) is 81.6 Å². The molecule has 23 heavy (non-hydrogen) atoms. The molecule has 3 heterocycles. The molecule has 1 unspecified atom stereocenters. The lowest BCUT2D eigenvalue weighted by Gasteiger charge is -2.28. The Balaban J connectivity index is 2.33. The minimum atomic E-state index is -0.737. The van der Waals surface area contributed by atoms with Gasteiger partial charge in [0.05, 0.1) is 6.10 Å². The lowest BCUT2D eigenvalue weighted by atomic mass is 10.1. The van der Waals surface area contributed by atoms with E-state index in [4.69, 9.17) is 0 Å². The first-order valence-corrected chi connectivity index (χ1v) is 7.93. The summed E-state index contributed by atoms with van der Waals surface area (Å²) < 4.78 is 1.38. The van der Waals surface area contributed by atoms with Crippen molar-refractivity contribution in [2.45, 2.75) is 39.2 Å². The zero-order chi connectivity index (χ0) is 16.6. The summed E-state index contributed by atoms with van der Waals surface area (Å²) in [5.74, 6) is 0.447. The highest BCUT2D eigenvalue weighted by Crippen LogP contribution is 2.24. The Morgan fingerprint density at radius 3 is 2.65 bits per heavy atom.